The van der Waals surface area contributed by atoms with Gasteiger partial charge in [0.05, 0.1) is 6.04 Å². The van der Waals surface area contributed by atoms with Crippen LogP contribution in [0.25, 0.3) is 0 Å². The van der Waals surface area contributed by atoms with E-state index in [9.17, 15) is 9.18 Å². The number of aryl methyl sites for hydroxylation is 1. The lowest BCUT2D eigenvalue weighted by atomic mass is 10.1. The van der Waals surface area contributed by atoms with Gasteiger partial charge in [0.25, 0.3) is 5.91 Å². The summed E-state index contributed by atoms with van der Waals surface area (Å²) in [6.07, 6.45) is 0. The van der Waals surface area contributed by atoms with E-state index in [0.29, 0.717) is 17.7 Å². The van der Waals surface area contributed by atoms with Crippen LogP contribution in [0.5, 0.6) is 0 Å². The Balaban J connectivity index is 2.03. The Hall–Kier alpha value is -1.72. The van der Waals surface area contributed by atoms with Crippen molar-refractivity contribution in [3.8, 4) is 0 Å². The quantitative estimate of drug-likeness (QED) is 0.920. The molecule has 2 aromatic rings. The molecule has 0 unspecified atom stereocenters. The molecule has 1 amide bonds. The third kappa shape index (κ3) is 3.89. The van der Waals surface area contributed by atoms with Crippen LogP contribution in [-0.4, -0.2) is 31.4 Å². The number of amides is 1. The zero-order valence-corrected chi connectivity index (χ0v) is 13.2. The molecular weight excluding hydrogens is 287 g/mol. The number of likely N-dealkylation sites (N-methyl/N-ethyl adjacent to an activating group) is 1. The van der Waals surface area contributed by atoms with Crippen LogP contribution in [0.4, 0.5) is 4.39 Å². The summed E-state index contributed by atoms with van der Waals surface area (Å²) in [6, 6.07) is 6.69. The summed E-state index contributed by atoms with van der Waals surface area (Å²) in [5.41, 5.74) is 2.05. The predicted molar refractivity (Wildman–Crippen MR) is 84.2 cm³/mol. The zero-order valence-electron chi connectivity index (χ0n) is 12.4. The van der Waals surface area contributed by atoms with E-state index in [2.05, 4.69) is 15.6 Å². The highest BCUT2D eigenvalue weighted by atomic mass is 32.1. The van der Waals surface area contributed by atoms with Crippen LogP contribution < -0.4 is 5.32 Å². The van der Waals surface area contributed by atoms with Crippen molar-refractivity contribution in [2.75, 3.05) is 20.6 Å². The topological polar surface area (TPSA) is 32.3 Å². The van der Waals surface area contributed by atoms with E-state index >= 15 is 0 Å². The maximum atomic E-state index is 13.5. The van der Waals surface area contributed by atoms with Crippen molar-refractivity contribution in [2.24, 2.45) is 0 Å². The van der Waals surface area contributed by atoms with Gasteiger partial charge in [0.2, 0.25) is 0 Å². The van der Waals surface area contributed by atoms with Crippen LogP contribution >= 0.6 is 11.3 Å². The SMILES string of the molecule is Cc1ccc(C(=O)NC[C@@H](c2ccsc2)N(C)C)cc1F. The van der Waals surface area contributed by atoms with E-state index in [-0.39, 0.29) is 17.8 Å². The molecule has 112 valence electrons. The second-order valence-electron chi connectivity index (χ2n) is 5.21. The third-order valence-corrected chi connectivity index (χ3v) is 4.14. The van der Waals surface area contributed by atoms with E-state index in [1.54, 1.807) is 30.4 Å². The van der Waals surface area contributed by atoms with Crippen LogP contribution in [-0.2, 0) is 0 Å². The van der Waals surface area contributed by atoms with Crippen molar-refractivity contribution in [1.29, 1.82) is 0 Å². The number of nitrogens with one attached hydrogen (secondary N) is 1. The van der Waals surface area contributed by atoms with Gasteiger partial charge in [0, 0.05) is 12.1 Å². The van der Waals surface area contributed by atoms with Crippen LogP contribution in [0.1, 0.15) is 27.5 Å². The number of thiophene rings is 1. The van der Waals surface area contributed by atoms with E-state index in [4.69, 9.17) is 0 Å². The second-order valence-corrected chi connectivity index (χ2v) is 5.99. The maximum absolute atomic E-state index is 13.5. The van der Waals surface area contributed by atoms with Gasteiger partial charge in [0.1, 0.15) is 5.82 Å². The zero-order chi connectivity index (χ0) is 15.4. The molecule has 0 radical (unpaired) electrons. The number of benzene rings is 1. The molecule has 3 nitrogen and oxygen atoms in total. The molecule has 0 aliphatic carbocycles. The predicted octanol–water partition coefficient (Wildman–Crippen LogP) is 3.23. The first kappa shape index (κ1) is 15.7. The molecule has 0 saturated carbocycles. The lowest BCUT2D eigenvalue weighted by molar-refractivity contribution is 0.0941. The molecule has 0 fully saturated rings. The number of hydrogen-bond acceptors (Lipinski definition) is 3. The summed E-state index contributed by atoms with van der Waals surface area (Å²) < 4.78 is 13.5. The van der Waals surface area contributed by atoms with Crippen molar-refractivity contribution in [3.63, 3.8) is 0 Å². The smallest absolute Gasteiger partial charge is 0.251 e. The Labute approximate surface area is 128 Å². The monoisotopic (exact) mass is 306 g/mol. The minimum absolute atomic E-state index is 0.107. The molecule has 0 saturated heterocycles. The molecule has 5 heteroatoms. The van der Waals surface area contributed by atoms with Crippen LogP contribution in [0, 0.1) is 12.7 Å². The fourth-order valence-corrected chi connectivity index (χ4v) is 2.80. The average Bonchev–Trinajstić information content (AvgIpc) is 2.95. The van der Waals surface area contributed by atoms with Gasteiger partial charge in [-0.1, -0.05) is 6.07 Å². The fourth-order valence-electron chi connectivity index (χ4n) is 2.09. The van der Waals surface area contributed by atoms with Crippen molar-refractivity contribution in [1.82, 2.24) is 10.2 Å². The van der Waals surface area contributed by atoms with E-state index in [0.717, 1.165) is 0 Å². The summed E-state index contributed by atoms with van der Waals surface area (Å²) in [6.45, 7) is 2.16. The molecule has 1 heterocycles. The normalized spacial score (nSPS) is 12.4. The molecule has 1 aromatic heterocycles. The van der Waals surface area contributed by atoms with Crippen molar-refractivity contribution < 1.29 is 9.18 Å². The minimum Gasteiger partial charge on any atom is -0.350 e. The van der Waals surface area contributed by atoms with Gasteiger partial charge in [-0.05, 0) is 61.1 Å². The third-order valence-electron chi connectivity index (χ3n) is 3.44. The van der Waals surface area contributed by atoms with Crippen molar-refractivity contribution in [3.05, 3.63) is 57.5 Å². The first-order valence-electron chi connectivity index (χ1n) is 6.72. The largest absolute Gasteiger partial charge is 0.350 e. The summed E-state index contributed by atoms with van der Waals surface area (Å²) in [5, 5.41) is 6.96. The first-order chi connectivity index (χ1) is 9.99. The minimum atomic E-state index is -0.357. The van der Waals surface area contributed by atoms with Crippen LogP contribution in [0.2, 0.25) is 0 Å². The number of carbonyl (C=O) groups excluding carboxylic acids is 1. The standard InChI is InChI=1S/C16H19FN2OS/c1-11-4-5-12(8-14(11)17)16(20)18-9-15(19(2)3)13-6-7-21-10-13/h4-8,10,15H,9H2,1-3H3,(H,18,20)/t15-/m0/s1. The Morgan fingerprint density at radius 1 is 1.38 bits per heavy atom. The Morgan fingerprint density at radius 3 is 2.71 bits per heavy atom. The average molecular weight is 306 g/mol. The lowest BCUT2D eigenvalue weighted by Crippen LogP contribution is -2.34. The summed E-state index contributed by atoms with van der Waals surface area (Å²) in [4.78, 5) is 14.2. The Morgan fingerprint density at radius 2 is 2.14 bits per heavy atom. The second kappa shape index (κ2) is 6.83. The molecule has 2 rings (SSSR count). The fraction of sp³-hybridized carbons (Fsp3) is 0.312. The van der Waals surface area contributed by atoms with Gasteiger partial charge in [-0.3, -0.25) is 4.79 Å². The van der Waals surface area contributed by atoms with E-state index in [1.165, 1.54) is 11.6 Å². The number of hydrogen-bond donors (Lipinski definition) is 1. The molecular formula is C16H19FN2OS. The van der Waals surface area contributed by atoms with Gasteiger partial charge >= 0.3 is 0 Å². The van der Waals surface area contributed by atoms with E-state index in [1.807, 2.05) is 25.5 Å². The van der Waals surface area contributed by atoms with Gasteiger partial charge < -0.3 is 10.2 Å². The molecule has 0 aliphatic heterocycles. The van der Waals surface area contributed by atoms with Crippen molar-refractivity contribution in [2.45, 2.75) is 13.0 Å². The van der Waals surface area contributed by atoms with Gasteiger partial charge in [0.15, 0.2) is 0 Å². The highest BCUT2D eigenvalue weighted by Gasteiger charge is 2.16. The van der Waals surface area contributed by atoms with Crippen LogP contribution in [0.3, 0.4) is 0 Å². The number of carbonyl (C=O) groups is 1. The van der Waals surface area contributed by atoms with Gasteiger partial charge in [-0.15, -0.1) is 0 Å². The number of rotatable bonds is 5. The summed E-state index contributed by atoms with van der Waals surface area (Å²) in [5.74, 6) is -0.611. The van der Waals surface area contributed by atoms with E-state index < -0.39 is 0 Å². The molecule has 0 aliphatic rings. The van der Waals surface area contributed by atoms with Gasteiger partial charge in [-0.2, -0.15) is 11.3 Å². The summed E-state index contributed by atoms with van der Waals surface area (Å²) >= 11 is 1.63. The van der Waals surface area contributed by atoms with Gasteiger partial charge in [-0.25, -0.2) is 4.39 Å². The Kier molecular flexibility index (Phi) is 5.09. The highest BCUT2D eigenvalue weighted by Crippen LogP contribution is 2.20. The highest BCUT2D eigenvalue weighted by molar-refractivity contribution is 7.07. The van der Waals surface area contributed by atoms with Crippen molar-refractivity contribution >= 4 is 17.2 Å². The number of nitrogens with zero attached hydrogens (tertiary/aromatic N) is 1. The molecule has 0 spiro atoms. The Bertz CT molecular complexity index is 611. The molecule has 1 aromatic carbocycles. The molecule has 0 bridgehead atoms. The molecule has 1 atom stereocenters. The summed E-state index contributed by atoms with van der Waals surface area (Å²) in [7, 11) is 3.94. The first-order valence-corrected chi connectivity index (χ1v) is 7.66. The number of halogens is 1. The maximum Gasteiger partial charge on any atom is 0.251 e. The lowest BCUT2D eigenvalue weighted by Gasteiger charge is -2.24. The molecule has 1 N–H and O–H groups in total. The van der Waals surface area contributed by atoms with Crippen LogP contribution in [0.15, 0.2) is 35.0 Å². The molecule has 21 heavy (non-hydrogen) atoms.